The van der Waals surface area contributed by atoms with E-state index in [4.69, 9.17) is 5.73 Å². The van der Waals surface area contributed by atoms with Crippen molar-refractivity contribution in [1.82, 2.24) is 9.88 Å². The summed E-state index contributed by atoms with van der Waals surface area (Å²) in [6.45, 7) is 2.75. The summed E-state index contributed by atoms with van der Waals surface area (Å²) < 4.78 is 0. The van der Waals surface area contributed by atoms with Gasteiger partial charge in [-0.3, -0.25) is 0 Å². The first-order valence-electron chi connectivity index (χ1n) is 5.59. The number of nitrogens with one attached hydrogen (secondary N) is 1. The van der Waals surface area contributed by atoms with Crippen LogP contribution in [0.25, 0.3) is 10.9 Å². The maximum Gasteiger partial charge on any atom is 0.0488 e. The summed E-state index contributed by atoms with van der Waals surface area (Å²) in [6, 6.07) is 8.66. The molecule has 3 heteroatoms. The number of para-hydroxylation sites is 1. The molecule has 3 N–H and O–H groups in total. The molecule has 86 valence electrons. The van der Waals surface area contributed by atoms with Crippen LogP contribution in [0.4, 0.5) is 0 Å². The Morgan fingerprint density at radius 2 is 2.00 bits per heavy atom. The van der Waals surface area contributed by atoms with Crippen LogP contribution in [-0.4, -0.2) is 30.5 Å². The number of rotatable bonds is 3. The van der Waals surface area contributed by atoms with Crippen LogP contribution in [0.5, 0.6) is 0 Å². The van der Waals surface area contributed by atoms with Gasteiger partial charge in [0.05, 0.1) is 0 Å². The molecule has 0 spiro atoms. The second-order valence-electron chi connectivity index (χ2n) is 4.42. The molecule has 0 aliphatic carbocycles. The Hall–Kier alpha value is -1.32. The normalized spacial score (nSPS) is 13.6. The predicted molar refractivity (Wildman–Crippen MR) is 68.5 cm³/mol. The number of H-pyrrole nitrogens is 1. The predicted octanol–water partition coefficient (Wildman–Crippen LogP) is 2.04. The number of nitrogens with two attached hydrogens (primary N) is 1. The van der Waals surface area contributed by atoms with Crippen LogP contribution in [-0.2, 0) is 0 Å². The number of fused-ring (bicyclic) bond motifs is 1. The average molecular weight is 217 g/mol. The van der Waals surface area contributed by atoms with Crippen LogP contribution < -0.4 is 5.73 Å². The average Bonchev–Trinajstić information content (AvgIpc) is 2.57. The SMILES string of the molecule is Cc1[nH]c2ccccc2c1C(CN)N(C)C. The van der Waals surface area contributed by atoms with E-state index in [0.29, 0.717) is 6.54 Å². The zero-order valence-corrected chi connectivity index (χ0v) is 10.1. The van der Waals surface area contributed by atoms with Crippen molar-refractivity contribution >= 4 is 10.9 Å². The first-order chi connectivity index (χ1) is 7.65. The lowest BCUT2D eigenvalue weighted by Gasteiger charge is -2.23. The molecular formula is C13H19N3. The van der Waals surface area contributed by atoms with E-state index in [9.17, 15) is 0 Å². The summed E-state index contributed by atoms with van der Waals surface area (Å²) in [5.41, 5.74) is 9.59. The minimum absolute atomic E-state index is 0.274. The Morgan fingerprint density at radius 1 is 1.31 bits per heavy atom. The molecule has 0 bridgehead atoms. The summed E-state index contributed by atoms with van der Waals surface area (Å²) in [7, 11) is 4.14. The molecule has 1 unspecified atom stereocenters. The summed E-state index contributed by atoms with van der Waals surface area (Å²) in [6.07, 6.45) is 0. The Labute approximate surface area is 96.2 Å². The second kappa shape index (κ2) is 4.28. The standard InChI is InChI=1S/C13H19N3/c1-9-13(12(8-14)16(2)3)10-6-4-5-7-11(10)15-9/h4-7,12,15H,8,14H2,1-3H3. The van der Waals surface area contributed by atoms with E-state index in [1.807, 2.05) is 0 Å². The molecule has 1 aromatic heterocycles. The Bertz CT molecular complexity index is 485. The van der Waals surface area contributed by atoms with Crippen molar-refractivity contribution < 1.29 is 0 Å². The van der Waals surface area contributed by atoms with Gasteiger partial charge in [0.2, 0.25) is 0 Å². The maximum absolute atomic E-state index is 5.87. The molecule has 3 nitrogen and oxygen atoms in total. The van der Waals surface area contributed by atoms with Gasteiger partial charge in [-0.1, -0.05) is 18.2 Å². The summed E-state index contributed by atoms with van der Waals surface area (Å²) >= 11 is 0. The Kier molecular flexibility index (Phi) is 2.99. The van der Waals surface area contributed by atoms with E-state index in [1.54, 1.807) is 0 Å². The first-order valence-corrected chi connectivity index (χ1v) is 5.59. The van der Waals surface area contributed by atoms with Crippen molar-refractivity contribution in [2.24, 2.45) is 5.73 Å². The highest BCUT2D eigenvalue weighted by Crippen LogP contribution is 2.29. The number of hydrogen-bond acceptors (Lipinski definition) is 2. The van der Waals surface area contributed by atoms with Crippen molar-refractivity contribution in [3.63, 3.8) is 0 Å². The Morgan fingerprint density at radius 3 is 2.62 bits per heavy atom. The molecule has 0 fully saturated rings. The molecule has 0 saturated carbocycles. The van der Waals surface area contributed by atoms with Crippen molar-refractivity contribution in [2.75, 3.05) is 20.6 Å². The van der Waals surface area contributed by atoms with Gasteiger partial charge in [-0.2, -0.15) is 0 Å². The quantitative estimate of drug-likeness (QED) is 0.826. The summed E-state index contributed by atoms with van der Waals surface area (Å²) in [5.74, 6) is 0. The summed E-state index contributed by atoms with van der Waals surface area (Å²) in [4.78, 5) is 5.58. The van der Waals surface area contributed by atoms with Crippen LogP contribution in [0.15, 0.2) is 24.3 Å². The number of likely N-dealkylation sites (N-methyl/N-ethyl adjacent to an activating group) is 1. The van der Waals surface area contributed by atoms with E-state index >= 15 is 0 Å². The molecule has 0 aliphatic rings. The third-order valence-corrected chi connectivity index (χ3v) is 3.12. The second-order valence-corrected chi connectivity index (χ2v) is 4.42. The van der Waals surface area contributed by atoms with Crippen molar-refractivity contribution in [2.45, 2.75) is 13.0 Å². The van der Waals surface area contributed by atoms with Crippen molar-refractivity contribution in [3.8, 4) is 0 Å². The van der Waals surface area contributed by atoms with Gasteiger partial charge in [-0.25, -0.2) is 0 Å². The molecule has 0 amide bonds. The molecule has 1 atom stereocenters. The topological polar surface area (TPSA) is 45.1 Å². The van der Waals surface area contributed by atoms with Gasteiger partial charge in [-0.05, 0) is 32.6 Å². The van der Waals surface area contributed by atoms with Crippen molar-refractivity contribution in [1.29, 1.82) is 0 Å². The molecule has 2 aromatic rings. The molecule has 16 heavy (non-hydrogen) atoms. The smallest absolute Gasteiger partial charge is 0.0488 e. The summed E-state index contributed by atoms with van der Waals surface area (Å²) in [5, 5.41) is 1.28. The number of aromatic amines is 1. The van der Waals surface area contributed by atoms with E-state index in [2.05, 4.69) is 55.2 Å². The van der Waals surface area contributed by atoms with Crippen LogP contribution in [0.1, 0.15) is 17.3 Å². The molecule has 1 heterocycles. The zero-order valence-electron chi connectivity index (χ0n) is 10.1. The maximum atomic E-state index is 5.87. The first kappa shape index (κ1) is 11.2. The van der Waals surface area contributed by atoms with Gasteiger partial charge in [0, 0.05) is 29.2 Å². The molecule has 0 radical (unpaired) electrons. The minimum Gasteiger partial charge on any atom is -0.358 e. The Balaban J connectivity index is 2.62. The fourth-order valence-corrected chi connectivity index (χ4v) is 2.31. The molecule has 0 saturated heterocycles. The molecule has 2 rings (SSSR count). The van der Waals surface area contributed by atoms with Crippen LogP contribution in [0.2, 0.25) is 0 Å². The van der Waals surface area contributed by atoms with Crippen LogP contribution in [0, 0.1) is 6.92 Å². The molecule has 0 aliphatic heterocycles. The fourth-order valence-electron chi connectivity index (χ4n) is 2.31. The highest BCUT2D eigenvalue weighted by molar-refractivity contribution is 5.85. The van der Waals surface area contributed by atoms with Gasteiger partial charge in [-0.15, -0.1) is 0 Å². The van der Waals surface area contributed by atoms with Gasteiger partial charge < -0.3 is 15.6 Å². The molecule has 1 aromatic carbocycles. The molecular weight excluding hydrogens is 198 g/mol. The number of aromatic nitrogens is 1. The van der Waals surface area contributed by atoms with Gasteiger partial charge >= 0.3 is 0 Å². The van der Waals surface area contributed by atoms with Gasteiger partial charge in [0.25, 0.3) is 0 Å². The number of hydrogen-bond donors (Lipinski definition) is 2. The minimum atomic E-state index is 0.274. The number of nitrogens with zero attached hydrogens (tertiary/aromatic N) is 1. The van der Waals surface area contributed by atoms with E-state index in [1.165, 1.54) is 22.2 Å². The highest BCUT2D eigenvalue weighted by atomic mass is 15.1. The monoisotopic (exact) mass is 217 g/mol. The van der Waals surface area contributed by atoms with Gasteiger partial charge in [0.1, 0.15) is 0 Å². The lowest BCUT2D eigenvalue weighted by Crippen LogP contribution is -2.27. The van der Waals surface area contributed by atoms with E-state index < -0.39 is 0 Å². The van der Waals surface area contributed by atoms with E-state index in [-0.39, 0.29) is 6.04 Å². The lowest BCUT2D eigenvalue weighted by molar-refractivity contribution is 0.307. The number of aryl methyl sites for hydroxylation is 1. The van der Waals surface area contributed by atoms with Gasteiger partial charge in [0.15, 0.2) is 0 Å². The van der Waals surface area contributed by atoms with Crippen molar-refractivity contribution in [3.05, 3.63) is 35.5 Å². The van der Waals surface area contributed by atoms with Crippen LogP contribution in [0.3, 0.4) is 0 Å². The number of benzene rings is 1. The van der Waals surface area contributed by atoms with E-state index in [0.717, 1.165) is 0 Å². The highest BCUT2D eigenvalue weighted by Gasteiger charge is 2.18. The third kappa shape index (κ3) is 1.72. The van der Waals surface area contributed by atoms with Crippen LogP contribution >= 0.6 is 0 Å². The fraction of sp³-hybridized carbons (Fsp3) is 0.385. The lowest BCUT2D eigenvalue weighted by atomic mass is 10.0. The zero-order chi connectivity index (χ0) is 11.7. The largest absolute Gasteiger partial charge is 0.358 e. The third-order valence-electron chi connectivity index (χ3n) is 3.12.